The Kier molecular flexibility index (Phi) is 5.90. The number of hydrogen-bond acceptors (Lipinski definition) is 4. The van der Waals surface area contributed by atoms with Gasteiger partial charge >= 0.3 is 0 Å². The maximum atomic E-state index is 11.4. The molecule has 3 aromatic heterocycles. The van der Waals surface area contributed by atoms with E-state index in [-0.39, 0.29) is 16.6 Å². The van der Waals surface area contributed by atoms with Crippen molar-refractivity contribution < 1.29 is 5.11 Å². The first-order chi connectivity index (χ1) is 17.4. The normalized spacial score (nSPS) is 12.3. The van der Waals surface area contributed by atoms with Crippen LogP contribution in [-0.2, 0) is 17.9 Å². The predicted molar refractivity (Wildman–Crippen MR) is 152 cm³/mol. The molecular formula is C32H34N4O. The van der Waals surface area contributed by atoms with E-state index in [4.69, 9.17) is 9.97 Å². The van der Waals surface area contributed by atoms with Crippen LogP contribution in [0.2, 0.25) is 0 Å². The Labute approximate surface area is 218 Å². The van der Waals surface area contributed by atoms with Gasteiger partial charge in [0.15, 0.2) is 5.82 Å². The van der Waals surface area contributed by atoms with E-state index >= 15 is 0 Å². The van der Waals surface area contributed by atoms with Crippen LogP contribution in [0.4, 0.5) is 0 Å². The molecule has 0 aliphatic carbocycles. The molecule has 0 aliphatic rings. The van der Waals surface area contributed by atoms with Crippen molar-refractivity contribution in [2.45, 2.75) is 52.4 Å². The van der Waals surface area contributed by atoms with Gasteiger partial charge in [-0.25, -0.2) is 9.97 Å². The zero-order valence-electron chi connectivity index (χ0n) is 22.7. The Hall–Kier alpha value is -3.99. The quantitative estimate of drug-likeness (QED) is 0.282. The SMILES string of the molecule is Cn1c(-c2nc(C(C)(C)C)cc(C(C)(C)C)c2O)nc2c(-c3cccc(-c4ccccn4)c3)cccc21. The van der Waals surface area contributed by atoms with Gasteiger partial charge in [0, 0.05) is 41.0 Å². The zero-order valence-corrected chi connectivity index (χ0v) is 22.7. The van der Waals surface area contributed by atoms with Gasteiger partial charge in [-0.05, 0) is 41.3 Å². The predicted octanol–water partition coefficient (Wildman–Crippen LogP) is 7.66. The number of hydrogen-bond donors (Lipinski definition) is 1. The lowest BCUT2D eigenvalue weighted by Gasteiger charge is -2.26. The van der Waals surface area contributed by atoms with E-state index in [1.807, 2.05) is 42.1 Å². The fraction of sp³-hybridized carbons (Fsp3) is 0.281. The van der Waals surface area contributed by atoms with Crippen molar-refractivity contribution >= 4 is 11.0 Å². The number of benzene rings is 2. The van der Waals surface area contributed by atoms with E-state index in [1.165, 1.54) is 0 Å². The lowest BCUT2D eigenvalue weighted by atomic mass is 9.82. The van der Waals surface area contributed by atoms with Crippen molar-refractivity contribution in [1.29, 1.82) is 0 Å². The third kappa shape index (κ3) is 4.50. The minimum absolute atomic E-state index is 0.176. The van der Waals surface area contributed by atoms with Crippen LogP contribution in [0, 0.1) is 0 Å². The second-order valence-corrected chi connectivity index (χ2v) is 11.7. The highest BCUT2D eigenvalue weighted by Crippen LogP contribution is 2.41. The van der Waals surface area contributed by atoms with Gasteiger partial charge in [0.1, 0.15) is 11.4 Å². The van der Waals surface area contributed by atoms with Crippen LogP contribution in [0.15, 0.2) is 72.9 Å². The number of fused-ring (bicyclic) bond motifs is 1. The van der Waals surface area contributed by atoms with Crippen LogP contribution in [0.1, 0.15) is 52.8 Å². The van der Waals surface area contributed by atoms with E-state index in [9.17, 15) is 5.11 Å². The summed E-state index contributed by atoms with van der Waals surface area (Å²) >= 11 is 0. The zero-order chi connectivity index (χ0) is 26.5. The monoisotopic (exact) mass is 490 g/mol. The molecule has 0 spiro atoms. The molecule has 0 aliphatic heterocycles. The number of aromatic nitrogens is 4. The van der Waals surface area contributed by atoms with Gasteiger partial charge in [-0.3, -0.25) is 4.98 Å². The summed E-state index contributed by atoms with van der Waals surface area (Å²) in [5.74, 6) is 0.843. The molecule has 5 aromatic rings. The summed E-state index contributed by atoms with van der Waals surface area (Å²) in [4.78, 5) is 14.6. The molecular weight excluding hydrogens is 456 g/mol. The molecule has 0 fully saturated rings. The lowest BCUT2D eigenvalue weighted by Crippen LogP contribution is -2.19. The highest BCUT2D eigenvalue weighted by Gasteiger charge is 2.28. The fourth-order valence-electron chi connectivity index (χ4n) is 4.69. The van der Waals surface area contributed by atoms with Crippen molar-refractivity contribution in [3.05, 3.63) is 84.2 Å². The number of aromatic hydroxyl groups is 1. The number of para-hydroxylation sites is 1. The Morgan fingerprint density at radius 3 is 2.16 bits per heavy atom. The van der Waals surface area contributed by atoms with Crippen LogP contribution < -0.4 is 0 Å². The maximum Gasteiger partial charge on any atom is 0.163 e. The average molecular weight is 491 g/mol. The third-order valence-electron chi connectivity index (χ3n) is 6.83. The molecule has 188 valence electrons. The first kappa shape index (κ1) is 24.7. The molecule has 5 heteroatoms. The van der Waals surface area contributed by atoms with Crippen LogP contribution >= 0.6 is 0 Å². The summed E-state index contributed by atoms with van der Waals surface area (Å²) < 4.78 is 2.03. The molecule has 5 nitrogen and oxygen atoms in total. The molecule has 37 heavy (non-hydrogen) atoms. The second kappa shape index (κ2) is 8.84. The highest BCUT2D eigenvalue weighted by molar-refractivity contribution is 5.95. The van der Waals surface area contributed by atoms with E-state index in [0.29, 0.717) is 11.5 Å². The molecule has 2 aromatic carbocycles. The van der Waals surface area contributed by atoms with Gasteiger partial charge in [-0.1, -0.05) is 77.9 Å². The molecule has 0 saturated carbocycles. The smallest absolute Gasteiger partial charge is 0.163 e. The van der Waals surface area contributed by atoms with Gasteiger partial charge in [0.25, 0.3) is 0 Å². The van der Waals surface area contributed by atoms with Gasteiger partial charge in [-0.2, -0.15) is 0 Å². The molecule has 1 N–H and O–H groups in total. The van der Waals surface area contributed by atoms with Gasteiger partial charge in [-0.15, -0.1) is 0 Å². The molecule has 0 radical (unpaired) electrons. The third-order valence-corrected chi connectivity index (χ3v) is 6.83. The minimum Gasteiger partial charge on any atom is -0.505 e. The van der Waals surface area contributed by atoms with E-state index in [2.05, 4.69) is 89.0 Å². The summed E-state index contributed by atoms with van der Waals surface area (Å²) in [5, 5.41) is 11.4. The maximum absolute atomic E-state index is 11.4. The molecule has 0 amide bonds. The standard InChI is InChI=1S/C32H34N4O/c1-31(2,3)23-19-26(32(4,5)6)34-28(29(23)37)30-35-27-22(14-11-16-25(27)36(30)7)20-12-10-13-21(18-20)24-15-8-9-17-33-24/h8-19,37H,1-7H3. The average Bonchev–Trinajstić information content (AvgIpc) is 3.19. The van der Waals surface area contributed by atoms with E-state index < -0.39 is 0 Å². The molecule has 0 atom stereocenters. The first-order valence-corrected chi connectivity index (χ1v) is 12.7. The molecule has 3 heterocycles. The summed E-state index contributed by atoms with van der Waals surface area (Å²) in [6.45, 7) is 12.8. The van der Waals surface area contributed by atoms with Crippen molar-refractivity contribution in [2.75, 3.05) is 0 Å². The fourth-order valence-corrected chi connectivity index (χ4v) is 4.69. The Morgan fingerprint density at radius 1 is 0.757 bits per heavy atom. The van der Waals surface area contributed by atoms with Crippen molar-refractivity contribution in [2.24, 2.45) is 7.05 Å². The number of pyridine rings is 2. The lowest BCUT2D eigenvalue weighted by molar-refractivity contribution is 0.441. The van der Waals surface area contributed by atoms with Crippen LogP contribution in [0.25, 0.3) is 44.9 Å². The minimum atomic E-state index is -0.247. The molecule has 0 unspecified atom stereocenters. The molecule has 5 rings (SSSR count). The Balaban J connectivity index is 1.73. The summed E-state index contributed by atoms with van der Waals surface area (Å²) in [7, 11) is 1.99. The number of rotatable bonds is 3. The number of nitrogens with zero attached hydrogens (tertiary/aromatic N) is 4. The van der Waals surface area contributed by atoms with Crippen molar-refractivity contribution in [3.63, 3.8) is 0 Å². The van der Waals surface area contributed by atoms with Gasteiger partial charge in [0.05, 0.1) is 16.7 Å². The van der Waals surface area contributed by atoms with Gasteiger partial charge in [0.2, 0.25) is 0 Å². The van der Waals surface area contributed by atoms with Crippen LogP contribution in [-0.4, -0.2) is 24.6 Å². The summed E-state index contributed by atoms with van der Waals surface area (Å²) in [6.07, 6.45) is 1.81. The van der Waals surface area contributed by atoms with Crippen LogP contribution in [0.3, 0.4) is 0 Å². The van der Waals surface area contributed by atoms with E-state index in [1.54, 1.807) is 0 Å². The first-order valence-electron chi connectivity index (χ1n) is 12.7. The topological polar surface area (TPSA) is 63.8 Å². The Bertz CT molecular complexity index is 1600. The largest absolute Gasteiger partial charge is 0.505 e. The number of aryl methyl sites for hydroxylation is 1. The summed E-state index contributed by atoms with van der Waals surface area (Å²) in [6, 6.07) is 22.6. The number of imidazole rings is 1. The highest BCUT2D eigenvalue weighted by atomic mass is 16.3. The summed E-state index contributed by atoms with van der Waals surface area (Å²) in [5.41, 5.74) is 7.83. The second-order valence-electron chi connectivity index (χ2n) is 11.7. The Morgan fingerprint density at radius 2 is 1.49 bits per heavy atom. The van der Waals surface area contributed by atoms with Crippen molar-refractivity contribution in [3.8, 4) is 39.7 Å². The van der Waals surface area contributed by atoms with Crippen LogP contribution in [0.5, 0.6) is 5.75 Å². The van der Waals surface area contributed by atoms with Crippen molar-refractivity contribution in [1.82, 2.24) is 19.5 Å². The van der Waals surface area contributed by atoms with E-state index in [0.717, 1.165) is 44.7 Å². The molecule has 0 saturated heterocycles. The van der Waals surface area contributed by atoms with Gasteiger partial charge < -0.3 is 9.67 Å². The molecule has 0 bridgehead atoms.